The number of nitrogens with zero attached hydrogens (tertiary/aromatic N) is 1. The van der Waals surface area contributed by atoms with E-state index in [0.717, 1.165) is 32.1 Å². The Morgan fingerprint density at radius 3 is 2.22 bits per heavy atom. The molecule has 0 saturated carbocycles. The average molecular weight is 275 g/mol. The van der Waals surface area contributed by atoms with Crippen LogP contribution in [0.2, 0.25) is 6.04 Å². The third-order valence-corrected chi connectivity index (χ3v) is 6.05. The van der Waals surface area contributed by atoms with Gasteiger partial charge < -0.3 is 24.3 Å². The lowest BCUT2D eigenvalue weighted by molar-refractivity contribution is -0.00848. The molecule has 7 nitrogen and oxygen atoms in total. The van der Waals surface area contributed by atoms with Gasteiger partial charge in [0.2, 0.25) is 0 Å². The molecule has 3 aliphatic rings. The fourth-order valence-electron chi connectivity index (χ4n) is 2.18. The topological polar surface area (TPSA) is 86.1 Å². The Morgan fingerprint density at radius 2 is 1.72 bits per heavy atom. The van der Waals surface area contributed by atoms with Crippen LogP contribution in [0.1, 0.15) is 6.42 Å². The molecule has 3 N–H and O–H groups in total. The van der Waals surface area contributed by atoms with Gasteiger partial charge in [0.25, 0.3) is 0 Å². The quantitative estimate of drug-likeness (QED) is 0.527. The fourth-order valence-corrected chi connectivity index (χ4v) is 4.68. The van der Waals surface area contributed by atoms with Crippen molar-refractivity contribution in [1.82, 2.24) is 10.2 Å². The van der Waals surface area contributed by atoms with Gasteiger partial charge in [-0.1, -0.05) is 0 Å². The summed E-state index contributed by atoms with van der Waals surface area (Å²) >= 11 is 0. The van der Waals surface area contributed by atoms with Gasteiger partial charge in [0.15, 0.2) is 0 Å². The van der Waals surface area contributed by atoms with Gasteiger partial charge >= 0.3 is 14.8 Å². The second-order valence-corrected chi connectivity index (χ2v) is 7.20. The largest absolute Gasteiger partial charge is 0.501 e. The Hall–Kier alpha value is -0.673. The Labute approximate surface area is 108 Å². The Kier molecular flexibility index (Phi) is 4.95. The normalized spacial score (nSPS) is 32.3. The van der Waals surface area contributed by atoms with Crippen LogP contribution in [0.15, 0.2) is 0 Å². The Morgan fingerprint density at radius 1 is 1.17 bits per heavy atom. The van der Waals surface area contributed by atoms with Crippen LogP contribution in [0.5, 0.6) is 0 Å². The lowest BCUT2D eigenvalue weighted by Crippen LogP contribution is -2.55. The molecular formula is C10H21N3O4Si. The SMILES string of the molecule is NC(=O)NCCC[Si]12OCCN(CCO1)CCO2. The van der Waals surface area contributed by atoms with Gasteiger partial charge in [0.1, 0.15) is 0 Å². The summed E-state index contributed by atoms with van der Waals surface area (Å²) in [5, 5.41) is 2.57. The molecule has 0 aliphatic carbocycles. The molecule has 0 aromatic carbocycles. The molecule has 0 spiro atoms. The van der Waals surface area contributed by atoms with E-state index in [1.54, 1.807) is 0 Å². The minimum Gasteiger partial charge on any atom is -0.372 e. The van der Waals surface area contributed by atoms with Crippen LogP contribution in [0.25, 0.3) is 0 Å². The van der Waals surface area contributed by atoms with Crippen molar-refractivity contribution in [2.75, 3.05) is 46.0 Å². The van der Waals surface area contributed by atoms with Crippen LogP contribution in [0.3, 0.4) is 0 Å². The number of fused-ring (bicyclic) bond motifs is 6. The molecule has 3 heterocycles. The standard InChI is InChI=1S/C10H21N3O4Si/c11-10(14)12-2-1-9-18-15-6-3-13(4-7-16-18)5-8-17-18/h1-9H2,(H3,11,12,14). The first-order chi connectivity index (χ1) is 8.70. The number of nitrogens with one attached hydrogen (secondary N) is 1. The molecule has 3 saturated heterocycles. The molecule has 0 radical (unpaired) electrons. The van der Waals surface area contributed by atoms with Crippen LogP contribution in [0, 0.1) is 0 Å². The number of amides is 2. The highest BCUT2D eigenvalue weighted by atomic mass is 28.4. The van der Waals surface area contributed by atoms with Gasteiger partial charge in [-0.15, -0.1) is 0 Å². The van der Waals surface area contributed by atoms with Crippen molar-refractivity contribution in [2.45, 2.75) is 12.5 Å². The highest BCUT2D eigenvalue weighted by molar-refractivity contribution is 6.60. The highest BCUT2D eigenvalue weighted by Crippen LogP contribution is 2.21. The summed E-state index contributed by atoms with van der Waals surface area (Å²) in [7, 11) is -2.52. The van der Waals surface area contributed by atoms with Gasteiger partial charge in [0.05, 0.1) is 19.8 Å². The van der Waals surface area contributed by atoms with Gasteiger partial charge in [-0.05, 0) is 6.42 Å². The molecule has 2 bridgehead atoms. The predicted molar refractivity (Wildman–Crippen MR) is 67.1 cm³/mol. The summed E-state index contributed by atoms with van der Waals surface area (Å²) in [5.74, 6) is 0. The number of carbonyl (C=O) groups excluding carboxylic acids is 1. The predicted octanol–water partition coefficient (Wildman–Crippen LogP) is -0.637. The smallest absolute Gasteiger partial charge is 0.372 e. The molecule has 3 aliphatic heterocycles. The Balaban J connectivity index is 1.83. The molecule has 0 aromatic rings. The van der Waals surface area contributed by atoms with Crippen molar-refractivity contribution < 1.29 is 18.1 Å². The zero-order chi connectivity index (χ0) is 12.8. The van der Waals surface area contributed by atoms with E-state index >= 15 is 0 Å². The van der Waals surface area contributed by atoms with Crippen LogP contribution < -0.4 is 11.1 Å². The van der Waals surface area contributed by atoms with Gasteiger partial charge in [-0.3, -0.25) is 4.90 Å². The summed E-state index contributed by atoms with van der Waals surface area (Å²) in [6.45, 7) is 5.36. The molecule has 8 heteroatoms. The molecular weight excluding hydrogens is 254 g/mol. The van der Waals surface area contributed by atoms with E-state index < -0.39 is 14.8 Å². The van der Waals surface area contributed by atoms with E-state index in [0.29, 0.717) is 26.4 Å². The first-order valence-electron chi connectivity index (χ1n) is 6.38. The van der Waals surface area contributed by atoms with Crippen molar-refractivity contribution in [3.63, 3.8) is 0 Å². The molecule has 104 valence electrons. The monoisotopic (exact) mass is 275 g/mol. The van der Waals surface area contributed by atoms with Gasteiger partial charge in [-0.25, -0.2) is 4.79 Å². The van der Waals surface area contributed by atoms with Crippen molar-refractivity contribution in [3.8, 4) is 0 Å². The first kappa shape index (κ1) is 13.8. The summed E-state index contributed by atoms with van der Waals surface area (Å²) in [6.07, 6.45) is 0.763. The molecule has 18 heavy (non-hydrogen) atoms. The van der Waals surface area contributed by atoms with Crippen molar-refractivity contribution >= 4 is 14.8 Å². The van der Waals surface area contributed by atoms with Crippen LogP contribution in [0.4, 0.5) is 4.79 Å². The van der Waals surface area contributed by atoms with Gasteiger partial charge in [-0.2, -0.15) is 0 Å². The maximum absolute atomic E-state index is 10.6. The second kappa shape index (κ2) is 6.48. The maximum Gasteiger partial charge on any atom is 0.501 e. The number of urea groups is 1. The first-order valence-corrected chi connectivity index (χ1v) is 8.31. The van der Waals surface area contributed by atoms with Crippen LogP contribution in [-0.4, -0.2) is 65.7 Å². The molecule has 0 aromatic heterocycles. The zero-order valence-electron chi connectivity index (χ0n) is 10.5. The molecule has 0 atom stereocenters. The van der Waals surface area contributed by atoms with E-state index in [4.69, 9.17) is 19.0 Å². The fraction of sp³-hybridized carbons (Fsp3) is 0.900. The average Bonchev–Trinajstić information content (AvgIpc) is 2.24. The van der Waals surface area contributed by atoms with Gasteiger partial charge in [0, 0.05) is 32.2 Å². The molecule has 0 unspecified atom stereocenters. The highest BCUT2D eigenvalue weighted by Gasteiger charge is 2.43. The van der Waals surface area contributed by atoms with Crippen molar-refractivity contribution in [2.24, 2.45) is 5.73 Å². The van der Waals surface area contributed by atoms with E-state index in [9.17, 15) is 4.79 Å². The van der Waals surface area contributed by atoms with E-state index in [1.165, 1.54) is 0 Å². The summed E-state index contributed by atoms with van der Waals surface area (Å²) in [6, 6.07) is 0.232. The third kappa shape index (κ3) is 3.92. The minimum atomic E-state index is -2.52. The van der Waals surface area contributed by atoms with E-state index in [1.807, 2.05) is 0 Å². The number of hydrogen-bond donors (Lipinski definition) is 2. The lowest BCUT2D eigenvalue weighted by Gasteiger charge is -2.38. The van der Waals surface area contributed by atoms with E-state index in [-0.39, 0.29) is 0 Å². The van der Waals surface area contributed by atoms with Crippen molar-refractivity contribution in [1.29, 1.82) is 0 Å². The number of hydrogen-bond acceptors (Lipinski definition) is 5. The summed E-state index contributed by atoms with van der Waals surface area (Å²) in [5.41, 5.74) is 5.02. The molecule has 2 amide bonds. The lowest BCUT2D eigenvalue weighted by atomic mass is 10.4. The number of nitrogens with two attached hydrogens (primary N) is 1. The number of rotatable bonds is 4. The van der Waals surface area contributed by atoms with Crippen LogP contribution >= 0.6 is 0 Å². The van der Waals surface area contributed by atoms with E-state index in [2.05, 4.69) is 10.2 Å². The Bertz CT molecular complexity index is 266. The minimum absolute atomic E-state index is 0.497. The second-order valence-electron chi connectivity index (χ2n) is 4.46. The maximum atomic E-state index is 10.6. The van der Waals surface area contributed by atoms with Crippen LogP contribution in [-0.2, 0) is 13.3 Å². The molecule has 3 rings (SSSR count). The third-order valence-electron chi connectivity index (χ3n) is 3.15. The summed E-state index contributed by atoms with van der Waals surface area (Å²) in [4.78, 5) is 12.9. The number of primary amides is 1. The molecule has 3 fully saturated rings. The van der Waals surface area contributed by atoms with Crippen molar-refractivity contribution in [3.05, 3.63) is 0 Å². The summed E-state index contributed by atoms with van der Waals surface area (Å²) < 4.78 is 17.6. The zero-order valence-corrected chi connectivity index (χ0v) is 11.5. The number of carbonyl (C=O) groups is 1.